The lowest BCUT2D eigenvalue weighted by molar-refractivity contribution is -0.118. The van der Waals surface area contributed by atoms with E-state index < -0.39 is 5.25 Å². The van der Waals surface area contributed by atoms with E-state index >= 15 is 0 Å². The van der Waals surface area contributed by atoms with Crippen molar-refractivity contribution in [3.63, 3.8) is 0 Å². The fraction of sp³-hybridized carbons (Fsp3) is 0.150. The van der Waals surface area contributed by atoms with Gasteiger partial charge in [0.25, 0.3) is 5.24 Å². The molecule has 1 aromatic heterocycles. The molecule has 0 aliphatic carbocycles. The largest absolute Gasteiger partial charge is 0.287 e. The van der Waals surface area contributed by atoms with Gasteiger partial charge in [-0.3, -0.25) is 24.3 Å². The Hall–Kier alpha value is -2.86. The first-order valence-electron chi connectivity index (χ1n) is 8.29. The number of imide groups is 1. The number of carbonyl (C=O) groups excluding carboxylic acids is 3. The topological polar surface area (TPSA) is 68.2 Å². The molecule has 0 saturated carbocycles. The Morgan fingerprint density at radius 3 is 2.58 bits per heavy atom. The van der Waals surface area contributed by atoms with E-state index in [4.69, 9.17) is 0 Å². The first-order valence-corrected chi connectivity index (χ1v) is 9.17. The molecule has 1 saturated heterocycles. The highest BCUT2D eigenvalue weighted by Gasteiger charge is 2.32. The second-order valence-corrected chi connectivity index (χ2v) is 7.35. The van der Waals surface area contributed by atoms with Crippen LogP contribution in [0.15, 0.2) is 60.8 Å². The molecule has 1 fully saturated rings. The van der Waals surface area contributed by atoms with Crippen LogP contribution in [-0.4, -0.2) is 26.9 Å². The van der Waals surface area contributed by atoms with E-state index in [-0.39, 0.29) is 17.1 Å². The van der Waals surface area contributed by atoms with Crippen molar-refractivity contribution in [1.82, 2.24) is 9.88 Å². The molecule has 4 rings (SSSR count). The van der Waals surface area contributed by atoms with Crippen LogP contribution in [0.3, 0.4) is 0 Å². The SMILES string of the molecule is O=C1NC(=O)C(Cc2cccc3c2ccn3C(=O)Cc2ccccc2)S1. The molecule has 2 amide bonds. The van der Waals surface area contributed by atoms with Gasteiger partial charge in [-0.2, -0.15) is 0 Å². The summed E-state index contributed by atoms with van der Waals surface area (Å²) in [5, 5.41) is 2.52. The molecule has 26 heavy (non-hydrogen) atoms. The molecule has 130 valence electrons. The van der Waals surface area contributed by atoms with Gasteiger partial charge in [0.2, 0.25) is 11.8 Å². The van der Waals surface area contributed by atoms with Crippen molar-refractivity contribution in [2.75, 3.05) is 0 Å². The normalized spacial score (nSPS) is 16.8. The molecule has 1 N–H and O–H groups in total. The molecule has 2 heterocycles. The van der Waals surface area contributed by atoms with Gasteiger partial charge in [-0.25, -0.2) is 0 Å². The van der Waals surface area contributed by atoms with Crippen LogP contribution in [0.2, 0.25) is 0 Å². The van der Waals surface area contributed by atoms with Crippen LogP contribution in [0.5, 0.6) is 0 Å². The van der Waals surface area contributed by atoms with E-state index in [0.717, 1.165) is 33.8 Å². The van der Waals surface area contributed by atoms with Crippen LogP contribution in [-0.2, 0) is 17.6 Å². The summed E-state index contributed by atoms with van der Waals surface area (Å²) < 4.78 is 1.65. The number of thioether (sulfide) groups is 1. The van der Waals surface area contributed by atoms with Crippen LogP contribution < -0.4 is 5.32 Å². The Bertz CT molecular complexity index is 1010. The Balaban J connectivity index is 1.62. The molecule has 0 radical (unpaired) electrons. The smallest absolute Gasteiger partial charge is 0.286 e. The molecule has 1 unspecified atom stereocenters. The Labute approximate surface area is 154 Å². The summed E-state index contributed by atoms with van der Waals surface area (Å²) in [6, 6.07) is 17.2. The molecule has 3 aromatic rings. The van der Waals surface area contributed by atoms with Crippen LogP contribution >= 0.6 is 11.8 Å². The molecular formula is C20H16N2O3S. The quantitative estimate of drug-likeness (QED) is 0.770. The molecule has 0 bridgehead atoms. The summed E-state index contributed by atoms with van der Waals surface area (Å²) in [5.41, 5.74) is 2.74. The van der Waals surface area contributed by atoms with Gasteiger partial charge in [0.15, 0.2) is 0 Å². The van der Waals surface area contributed by atoms with E-state index in [9.17, 15) is 14.4 Å². The van der Waals surface area contributed by atoms with Gasteiger partial charge in [-0.05, 0) is 29.7 Å². The monoisotopic (exact) mass is 364 g/mol. The van der Waals surface area contributed by atoms with Crippen LogP contribution in [0.25, 0.3) is 10.9 Å². The van der Waals surface area contributed by atoms with E-state index in [1.54, 1.807) is 10.8 Å². The maximum atomic E-state index is 12.7. The van der Waals surface area contributed by atoms with Gasteiger partial charge in [0.1, 0.15) is 0 Å². The highest BCUT2D eigenvalue weighted by molar-refractivity contribution is 8.15. The zero-order valence-corrected chi connectivity index (χ0v) is 14.7. The van der Waals surface area contributed by atoms with Crippen molar-refractivity contribution in [3.8, 4) is 0 Å². The first kappa shape index (κ1) is 16.6. The number of benzene rings is 2. The van der Waals surface area contributed by atoms with Crippen LogP contribution in [0, 0.1) is 0 Å². The number of hydrogen-bond acceptors (Lipinski definition) is 4. The van der Waals surface area contributed by atoms with Gasteiger partial charge in [0, 0.05) is 11.6 Å². The zero-order chi connectivity index (χ0) is 18.1. The van der Waals surface area contributed by atoms with Crippen molar-refractivity contribution >= 4 is 39.7 Å². The van der Waals surface area contributed by atoms with E-state index in [1.165, 1.54) is 0 Å². The minimum atomic E-state index is -0.420. The Morgan fingerprint density at radius 1 is 1.04 bits per heavy atom. The molecule has 6 heteroatoms. The number of nitrogens with one attached hydrogen (secondary N) is 1. The minimum absolute atomic E-state index is 0.00786. The van der Waals surface area contributed by atoms with Crippen molar-refractivity contribution in [1.29, 1.82) is 0 Å². The molecule has 1 aliphatic heterocycles. The lowest BCUT2D eigenvalue weighted by Gasteiger charge is -2.08. The highest BCUT2D eigenvalue weighted by atomic mass is 32.2. The lowest BCUT2D eigenvalue weighted by Crippen LogP contribution is -2.25. The minimum Gasteiger partial charge on any atom is -0.287 e. The number of amides is 2. The molecule has 1 atom stereocenters. The average molecular weight is 364 g/mol. The zero-order valence-electron chi connectivity index (χ0n) is 13.8. The summed E-state index contributed by atoms with van der Waals surface area (Å²) in [5.74, 6) is -0.261. The maximum Gasteiger partial charge on any atom is 0.286 e. The van der Waals surface area contributed by atoms with E-state index in [0.29, 0.717) is 12.8 Å². The predicted molar refractivity (Wildman–Crippen MR) is 101 cm³/mol. The summed E-state index contributed by atoms with van der Waals surface area (Å²) in [7, 11) is 0. The molecule has 5 nitrogen and oxygen atoms in total. The third kappa shape index (κ3) is 3.15. The lowest BCUT2D eigenvalue weighted by atomic mass is 10.0. The molecular weight excluding hydrogens is 348 g/mol. The maximum absolute atomic E-state index is 12.7. The molecule has 0 spiro atoms. The standard InChI is InChI=1S/C20H16N2O3S/c23-18(11-13-5-2-1-3-6-13)22-10-9-15-14(7-4-8-16(15)22)12-17-19(24)21-20(25)26-17/h1-10,17H,11-12H2,(H,21,24,25). The first-order chi connectivity index (χ1) is 12.6. The average Bonchev–Trinajstić information content (AvgIpc) is 3.19. The van der Waals surface area contributed by atoms with Crippen molar-refractivity contribution in [2.24, 2.45) is 0 Å². The van der Waals surface area contributed by atoms with Gasteiger partial charge < -0.3 is 0 Å². The second-order valence-electron chi connectivity index (χ2n) is 6.18. The summed E-state index contributed by atoms with van der Waals surface area (Å²) in [6.45, 7) is 0. The number of rotatable bonds is 4. The highest BCUT2D eigenvalue weighted by Crippen LogP contribution is 2.27. The number of aromatic nitrogens is 1. The molecule has 1 aliphatic rings. The van der Waals surface area contributed by atoms with Gasteiger partial charge >= 0.3 is 0 Å². The summed E-state index contributed by atoms with van der Waals surface area (Å²) in [6.07, 6.45) is 2.55. The number of nitrogens with zero attached hydrogens (tertiary/aromatic N) is 1. The van der Waals surface area contributed by atoms with E-state index in [2.05, 4.69) is 5.32 Å². The fourth-order valence-corrected chi connectivity index (χ4v) is 4.06. The predicted octanol–water partition coefficient (Wildman–Crippen LogP) is 3.42. The van der Waals surface area contributed by atoms with Gasteiger partial charge in [0.05, 0.1) is 17.2 Å². The second kappa shape index (κ2) is 6.80. The van der Waals surface area contributed by atoms with Crippen molar-refractivity contribution < 1.29 is 14.4 Å². The summed E-state index contributed by atoms with van der Waals surface area (Å²) >= 11 is 1.02. The molecule has 2 aromatic carbocycles. The Kier molecular flexibility index (Phi) is 4.34. The number of hydrogen-bond donors (Lipinski definition) is 1. The Morgan fingerprint density at radius 2 is 1.85 bits per heavy atom. The van der Waals surface area contributed by atoms with Crippen molar-refractivity contribution in [3.05, 3.63) is 71.9 Å². The third-order valence-corrected chi connectivity index (χ3v) is 5.44. The number of carbonyl (C=O) groups is 3. The fourth-order valence-electron chi connectivity index (χ4n) is 3.21. The van der Waals surface area contributed by atoms with Gasteiger partial charge in [-0.15, -0.1) is 0 Å². The van der Waals surface area contributed by atoms with Crippen LogP contribution in [0.4, 0.5) is 4.79 Å². The van der Waals surface area contributed by atoms with Crippen molar-refractivity contribution in [2.45, 2.75) is 18.1 Å². The summed E-state index contributed by atoms with van der Waals surface area (Å²) in [4.78, 5) is 35.9. The van der Waals surface area contributed by atoms with Crippen LogP contribution in [0.1, 0.15) is 15.9 Å². The van der Waals surface area contributed by atoms with Gasteiger partial charge in [-0.1, -0.05) is 54.2 Å². The third-order valence-electron chi connectivity index (χ3n) is 4.46. The number of fused-ring (bicyclic) bond motifs is 1. The van der Waals surface area contributed by atoms with E-state index in [1.807, 2.05) is 54.6 Å².